The molecule has 2 aromatic rings. The minimum atomic E-state index is -4.74. The number of halogens is 5. The SMILES string of the molecule is [C-]#[N+]c1ccc(-c2cc(F)ccc2F)cc1C(F)(F)F. The van der Waals surface area contributed by atoms with Crippen LogP contribution in [0.4, 0.5) is 27.6 Å². The topological polar surface area (TPSA) is 4.36 Å². The van der Waals surface area contributed by atoms with Gasteiger partial charge in [-0.15, -0.1) is 0 Å². The predicted octanol–water partition coefficient (Wildman–Crippen LogP) is 5.20. The molecule has 0 aromatic heterocycles. The summed E-state index contributed by atoms with van der Waals surface area (Å²) in [7, 11) is 0. The molecular formula is C14H6F5N. The summed E-state index contributed by atoms with van der Waals surface area (Å²) >= 11 is 0. The molecule has 102 valence electrons. The summed E-state index contributed by atoms with van der Waals surface area (Å²) in [5.41, 5.74) is -2.18. The van der Waals surface area contributed by atoms with Crippen molar-refractivity contribution in [2.24, 2.45) is 0 Å². The van der Waals surface area contributed by atoms with Gasteiger partial charge >= 0.3 is 6.18 Å². The van der Waals surface area contributed by atoms with Gasteiger partial charge in [-0.05, 0) is 23.8 Å². The van der Waals surface area contributed by atoms with Crippen LogP contribution in [0.2, 0.25) is 0 Å². The molecule has 0 spiro atoms. The van der Waals surface area contributed by atoms with Crippen molar-refractivity contribution < 1.29 is 22.0 Å². The van der Waals surface area contributed by atoms with E-state index in [1.807, 2.05) is 0 Å². The third-order valence-electron chi connectivity index (χ3n) is 2.66. The van der Waals surface area contributed by atoms with Gasteiger partial charge in [0, 0.05) is 5.56 Å². The number of hydrogen-bond donors (Lipinski definition) is 0. The first-order chi connectivity index (χ1) is 9.32. The molecule has 6 heteroatoms. The molecule has 2 aromatic carbocycles. The van der Waals surface area contributed by atoms with Gasteiger partial charge in [0.2, 0.25) is 0 Å². The largest absolute Gasteiger partial charge is 0.407 e. The lowest BCUT2D eigenvalue weighted by atomic mass is 10.0. The van der Waals surface area contributed by atoms with Crippen molar-refractivity contribution in [2.45, 2.75) is 6.18 Å². The van der Waals surface area contributed by atoms with Crippen molar-refractivity contribution in [2.75, 3.05) is 0 Å². The van der Waals surface area contributed by atoms with Crippen LogP contribution in [-0.4, -0.2) is 0 Å². The van der Waals surface area contributed by atoms with Crippen LogP contribution in [-0.2, 0) is 6.18 Å². The third-order valence-corrected chi connectivity index (χ3v) is 2.66. The van der Waals surface area contributed by atoms with Crippen molar-refractivity contribution >= 4 is 5.69 Å². The smallest absolute Gasteiger partial charge is 0.238 e. The van der Waals surface area contributed by atoms with Gasteiger partial charge in [-0.2, -0.15) is 13.2 Å². The Morgan fingerprint density at radius 2 is 1.65 bits per heavy atom. The zero-order valence-corrected chi connectivity index (χ0v) is 9.80. The highest BCUT2D eigenvalue weighted by molar-refractivity contribution is 5.70. The summed E-state index contributed by atoms with van der Waals surface area (Å²) in [5, 5.41) is 0. The summed E-state index contributed by atoms with van der Waals surface area (Å²) in [5.74, 6) is -1.60. The predicted molar refractivity (Wildman–Crippen MR) is 63.1 cm³/mol. The summed E-state index contributed by atoms with van der Waals surface area (Å²) < 4.78 is 65.0. The van der Waals surface area contributed by atoms with Gasteiger partial charge in [-0.3, -0.25) is 0 Å². The molecule has 2 rings (SSSR count). The molecule has 0 radical (unpaired) electrons. The van der Waals surface area contributed by atoms with E-state index in [-0.39, 0.29) is 11.1 Å². The molecule has 0 saturated carbocycles. The lowest BCUT2D eigenvalue weighted by molar-refractivity contribution is -0.136. The number of rotatable bonds is 1. The Morgan fingerprint density at radius 3 is 2.25 bits per heavy atom. The average Bonchev–Trinajstić information content (AvgIpc) is 2.40. The zero-order valence-electron chi connectivity index (χ0n) is 9.80. The molecule has 0 atom stereocenters. The number of nitrogens with zero attached hydrogens (tertiary/aromatic N) is 1. The van der Waals surface area contributed by atoms with E-state index in [0.29, 0.717) is 6.07 Å². The molecule has 0 saturated heterocycles. The molecule has 0 N–H and O–H groups in total. The highest BCUT2D eigenvalue weighted by Gasteiger charge is 2.33. The lowest BCUT2D eigenvalue weighted by Crippen LogP contribution is -2.05. The minimum Gasteiger partial charge on any atom is -0.238 e. The van der Waals surface area contributed by atoms with Gasteiger partial charge in [0.05, 0.1) is 12.1 Å². The molecule has 1 nitrogen and oxygen atoms in total. The maximum atomic E-state index is 13.6. The van der Waals surface area contributed by atoms with Crippen LogP contribution in [0.1, 0.15) is 5.56 Å². The molecule has 0 unspecified atom stereocenters. The Bertz CT molecular complexity index is 698. The van der Waals surface area contributed by atoms with Gasteiger partial charge < -0.3 is 0 Å². The van der Waals surface area contributed by atoms with Crippen molar-refractivity contribution in [3.8, 4) is 11.1 Å². The van der Waals surface area contributed by atoms with E-state index in [4.69, 9.17) is 6.57 Å². The second-order valence-electron chi connectivity index (χ2n) is 3.97. The van der Waals surface area contributed by atoms with Gasteiger partial charge in [0.15, 0.2) is 5.69 Å². The van der Waals surface area contributed by atoms with Crippen LogP contribution in [0.25, 0.3) is 16.0 Å². The first-order valence-corrected chi connectivity index (χ1v) is 5.37. The van der Waals surface area contributed by atoms with Crippen LogP contribution in [0.5, 0.6) is 0 Å². The van der Waals surface area contributed by atoms with Crippen LogP contribution in [0.15, 0.2) is 36.4 Å². The van der Waals surface area contributed by atoms with Gasteiger partial charge in [-0.1, -0.05) is 18.2 Å². The van der Waals surface area contributed by atoms with E-state index in [0.717, 1.165) is 30.3 Å². The first kappa shape index (κ1) is 14.0. The molecule has 0 fully saturated rings. The Kier molecular flexibility index (Phi) is 3.45. The number of alkyl halides is 3. The third kappa shape index (κ3) is 2.62. The molecule has 0 aliphatic carbocycles. The fourth-order valence-corrected chi connectivity index (χ4v) is 1.75. The molecule has 0 heterocycles. The fraction of sp³-hybridized carbons (Fsp3) is 0.0714. The monoisotopic (exact) mass is 283 g/mol. The van der Waals surface area contributed by atoms with E-state index in [9.17, 15) is 22.0 Å². The van der Waals surface area contributed by atoms with Crippen molar-refractivity contribution in [1.82, 2.24) is 0 Å². The van der Waals surface area contributed by atoms with E-state index < -0.39 is 29.1 Å². The highest BCUT2D eigenvalue weighted by atomic mass is 19.4. The second-order valence-corrected chi connectivity index (χ2v) is 3.97. The normalized spacial score (nSPS) is 11.2. The summed E-state index contributed by atoms with van der Waals surface area (Å²) in [6, 6.07) is 5.25. The molecule has 0 aliphatic heterocycles. The zero-order chi connectivity index (χ0) is 14.9. The van der Waals surface area contributed by atoms with Gasteiger partial charge in [-0.25, -0.2) is 13.6 Å². The van der Waals surface area contributed by atoms with Crippen LogP contribution in [0, 0.1) is 18.2 Å². The van der Waals surface area contributed by atoms with Crippen LogP contribution < -0.4 is 0 Å². The Balaban J connectivity index is 2.66. The minimum absolute atomic E-state index is 0.137. The van der Waals surface area contributed by atoms with E-state index >= 15 is 0 Å². The van der Waals surface area contributed by atoms with Crippen LogP contribution >= 0.6 is 0 Å². The Labute approximate surface area is 111 Å². The molecular weight excluding hydrogens is 277 g/mol. The summed E-state index contributed by atoms with van der Waals surface area (Å²) in [6.45, 7) is 6.71. The summed E-state index contributed by atoms with van der Waals surface area (Å²) in [6.07, 6.45) is -4.74. The van der Waals surface area contributed by atoms with Crippen LogP contribution in [0.3, 0.4) is 0 Å². The van der Waals surface area contributed by atoms with Gasteiger partial charge in [0.1, 0.15) is 11.6 Å². The standard InChI is InChI=1S/C14H6F5N/c1-20-13-5-2-8(6-11(13)14(17,18)19)10-7-9(15)3-4-12(10)16/h2-7H. The van der Waals surface area contributed by atoms with E-state index in [1.54, 1.807) is 0 Å². The fourth-order valence-electron chi connectivity index (χ4n) is 1.75. The van der Waals surface area contributed by atoms with Crippen molar-refractivity contribution in [1.29, 1.82) is 0 Å². The second kappa shape index (κ2) is 4.93. The maximum Gasteiger partial charge on any atom is 0.407 e. The molecule has 20 heavy (non-hydrogen) atoms. The summed E-state index contributed by atoms with van der Waals surface area (Å²) in [4.78, 5) is 2.77. The molecule has 0 aliphatic rings. The molecule has 0 bridgehead atoms. The number of benzene rings is 2. The maximum absolute atomic E-state index is 13.6. The van der Waals surface area contributed by atoms with Crippen molar-refractivity contribution in [3.63, 3.8) is 0 Å². The van der Waals surface area contributed by atoms with Gasteiger partial charge in [0.25, 0.3) is 0 Å². The lowest BCUT2D eigenvalue weighted by Gasteiger charge is -2.11. The highest BCUT2D eigenvalue weighted by Crippen LogP contribution is 2.39. The Morgan fingerprint density at radius 1 is 0.950 bits per heavy atom. The molecule has 0 amide bonds. The van der Waals surface area contributed by atoms with Crippen molar-refractivity contribution in [3.05, 3.63) is 65.0 Å². The van der Waals surface area contributed by atoms with E-state index in [1.165, 1.54) is 0 Å². The average molecular weight is 283 g/mol. The van der Waals surface area contributed by atoms with E-state index in [2.05, 4.69) is 4.85 Å². The first-order valence-electron chi connectivity index (χ1n) is 5.37. The quantitative estimate of drug-likeness (QED) is 0.500. The Hall–Kier alpha value is -2.42. The number of hydrogen-bond acceptors (Lipinski definition) is 0.